The lowest BCUT2D eigenvalue weighted by Crippen LogP contribution is -2.51. The number of amides is 1. The second-order valence-electron chi connectivity index (χ2n) is 11.3. The Morgan fingerprint density at radius 3 is 2.19 bits per heavy atom. The van der Waals surface area contributed by atoms with Gasteiger partial charge in [0.05, 0.1) is 0 Å². The monoisotopic (exact) mass is 593 g/mol. The highest BCUT2D eigenvalue weighted by atomic mass is 19.4. The minimum atomic E-state index is -4.75. The first-order chi connectivity index (χ1) is 20.7. The van der Waals surface area contributed by atoms with Crippen molar-refractivity contribution < 1.29 is 22.7 Å². The first kappa shape index (κ1) is 30.6. The van der Waals surface area contributed by atoms with Gasteiger partial charge in [-0.2, -0.15) is 0 Å². The summed E-state index contributed by atoms with van der Waals surface area (Å²) in [5.41, 5.74) is 3.52. The molecule has 2 aromatic carbocycles. The van der Waals surface area contributed by atoms with Crippen molar-refractivity contribution in [3.8, 4) is 5.75 Å². The number of rotatable bonds is 9. The summed E-state index contributed by atoms with van der Waals surface area (Å²) in [6.45, 7) is 4.63. The van der Waals surface area contributed by atoms with Crippen LogP contribution in [0.2, 0.25) is 0 Å². The van der Waals surface area contributed by atoms with E-state index in [0.717, 1.165) is 56.0 Å². The summed E-state index contributed by atoms with van der Waals surface area (Å²) >= 11 is 0. The minimum absolute atomic E-state index is 0.0943. The Labute approximate surface area is 251 Å². The van der Waals surface area contributed by atoms with E-state index in [1.807, 2.05) is 41.3 Å². The van der Waals surface area contributed by atoms with Gasteiger partial charge in [-0.05, 0) is 99.4 Å². The number of aromatic nitrogens is 1. The van der Waals surface area contributed by atoms with Crippen LogP contribution in [-0.2, 0) is 11.3 Å². The number of hydrogen-bond acceptors (Lipinski definition) is 6. The van der Waals surface area contributed by atoms with Crippen LogP contribution in [0.4, 0.5) is 24.5 Å². The third-order valence-corrected chi connectivity index (χ3v) is 8.24. The van der Waals surface area contributed by atoms with Crippen molar-refractivity contribution in [2.45, 2.75) is 50.7 Å². The second kappa shape index (κ2) is 14.1. The Kier molecular flexibility index (Phi) is 9.99. The van der Waals surface area contributed by atoms with Gasteiger partial charge < -0.3 is 24.8 Å². The number of carbonyl (C=O) groups excluding carboxylic acids is 1. The minimum Gasteiger partial charge on any atom is -0.406 e. The molecule has 2 fully saturated rings. The molecule has 43 heavy (non-hydrogen) atoms. The van der Waals surface area contributed by atoms with E-state index in [1.165, 1.54) is 43.2 Å². The number of carbonyl (C=O) groups is 1. The Morgan fingerprint density at radius 1 is 0.930 bits per heavy atom. The lowest BCUT2D eigenvalue weighted by Gasteiger charge is -2.43. The molecule has 2 saturated heterocycles. The molecule has 0 bridgehead atoms. The molecule has 2 aliphatic heterocycles. The van der Waals surface area contributed by atoms with Gasteiger partial charge >= 0.3 is 6.36 Å². The highest BCUT2D eigenvalue weighted by Crippen LogP contribution is 2.26. The maximum Gasteiger partial charge on any atom is 0.573 e. The van der Waals surface area contributed by atoms with E-state index in [2.05, 4.69) is 31.9 Å². The van der Waals surface area contributed by atoms with Crippen LogP contribution in [0, 0.1) is 0 Å². The SMILES string of the molecule is CN1CCC(N2CCC(N(Cc3ccc(Nc4ccncc4)cc3)C(=O)C=Cc3ccc(OC(F)(F)F)cc3)CC2)CC1. The number of alkyl halides is 3. The van der Waals surface area contributed by atoms with Crippen LogP contribution in [0.25, 0.3) is 6.08 Å². The fourth-order valence-corrected chi connectivity index (χ4v) is 5.85. The number of ether oxygens (including phenoxy) is 1. The Balaban J connectivity index is 1.26. The predicted molar refractivity (Wildman–Crippen MR) is 162 cm³/mol. The molecule has 2 aliphatic rings. The summed E-state index contributed by atoms with van der Waals surface area (Å²) in [5.74, 6) is -0.414. The third-order valence-electron chi connectivity index (χ3n) is 8.24. The molecule has 228 valence electrons. The highest BCUT2D eigenvalue weighted by molar-refractivity contribution is 5.92. The van der Waals surface area contributed by atoms with Crippen molar-refractivity contribution in [1.29, 1.82) is 0 Å². The molecule has 3 aromatic rings. The van der Waals surface area contributed by atoms with Gasteiger partial charge in [-0.3, -0.25) is 9.78 Å². The van der Waals surface area contributed by atoms with E-state index in [-0.39, 0.29) is 17.7 Å². The van der Waals surface area contributed by atoms with Gasteiger partial charge in [-0.15, -0.1) is 13.2 Å². The van der Waals surface area contributed by atoms with Crippen LogP contribution in [0.3, 0.4) is 0 Å². The summed E-state index contributed by atoms with van der Waals surface area (Å²) in [6, 6.07) is 18.1. The number of nitrogens with one attached hydrogen (secondary N) is 1. The van der Waals surface area contributed by atoms with E-state index >= 15 is 0 Å². The van der Waals surface area contributed by atoms with Gasteiger partial charge in [0, 0.05) is 61.6 Å². The molecule has 3 heterocycles. The summed E-state index contributed by atoms with van der Waals surface area (Å²) in [6.07, 6.45) is 6.04. The lowest BCUT2D eigenvalue weighted by molar-refractivity contribution is -0.274. The summed E-state index contributed by atoms with van der Waals surface area (Å²) < 4.78 is 41.5. The third kappa shape index (κ3) is 9.05. The fourth-order valence-electron chi connectivity index (χ4n) is 5.85. The van der Waals surface area contributed by atoms with Gasteiger partial charge in [0.2, 0.25) is 5.91 Å². The van der Waals surface area contributed by atoms with Crippen molar-refractivity contribution in [2.24, 2.45) is 0 Å². The van der Waals surface area contributed by atoms with Crippen LogP contribution >= 0.6 is 0 Å². The Hall–Kier alpha value is -3.89. The number of likely N-dealkylation sites (tertiary alicyclic amines) is 2. The molecule has 10 heteroatoms. The average molecular weight is 594 g/mol. The molecule has 5 rings (SSSR count). The van der Waals surface area contributed by atoms with Crippen LogP contribution in [-0.4, -0.2) is 77.3 Å². The van der Waals surface area contributed by atoms with E-state index in [4.69, 9.17) is 0 Å². The van der Waals surface area contributed by atoms with Crippen LogP contribution in [0.5, 0.6) is 5.75 Å². The lowest BCUT2D eigenvalue weighted by atomic mass is 9.96. The van der Waals surface area contributed by atoms with E-state index in [9.17, 15) is 18.0 Å². The Bertz CT molecular complexity index is 1330. The number of benzene rings is 2. The number of nitrogens with zero attached hydrogens (tertiary/aromatic N) is 4. The maximum absolute atomic E-state index is 13.6. The largest absolute Gasteiger partial charge is 0.573 e. The predicted octanol–water partition coefficient (Wildman–Crippen LogP) is 6.32. The summed E-state index contributed by atoms with van der Waals surface area (Å²) in [7, 11) is 2.17. The van der Waals surface area contributed by atoms with Gasteiger partial charge in [-0.25, -0.2) is 0 Å². The molecule has 0 saturated carbocycles. The van der Waals surface area contributed by atoms with Crippen LogP contribution < -0.4 is 10.1 Å². The van der Waals surface area contributed by atoms with Crippen LogP contribution in [0.1, 0.15) is 36.8 Å². The van der Waals surface area contributed by atoms with E-state index in [1.54, 1.807) is 18.5 Å². The zero-order valence-corrected chi connectivity index (χ0v) is 24.3. The van der Waals surface area contributed by atoms with E-state index in [0.29, 0.717) is 18.2 Å². The maximum atomic E-state index is 13.6. The first-order valence-corrected chi connectivity index (χ1v) is 14.7. The topological polar surface area (TPSA) is 60.9 Å². The van der Waals surface area contributed by atoms with Crippen molar-refractivity contribution in [3.63, 3.8) is 0 Å². The average Bonchev–Trinajstić information content (AvgIpc) is 3.00. The van der Waals surface area contributed by atoms with Crippen molar-refractivity contribution in [2.75, 3.05) is 38.5 Å². The molecule has 0 spiro atoms. The normalized spacial score (nSPS) is 17.7. The van der Waals surface area contributed by atoms with Crippen molar-refractivity contribution >= 4 is 23.4 Å². The zero-order chi connectivity index (χ0) is 30.2. The number of anilines is 2. The number of piperidine rings is 2. The zero-order valence-electron chi connectivity index (χ0n) is 24.3. The van der Waals surface area contributed by atoms with Gasteiger partial charge in [0.15, 0.2) is 0 Å². The molecule has 7 nitrogen and oxygen atoms in total. The highest BCUT2D eigenvalue weighted by Gasteiger charge is 2.32. The van der Waals surface area contributed by atoms with Crippen molar-refractivity contribution in [3.05, 3.63) is 90.3 Å². The summed E-state index contributed by atoms with van der Waals surface area (Å²) in [5, 5.41) is 3.35. The second-order valence-corrected chi connectivity index (χ2v) is 11.3. The van der Waals surface area contributed by atoms with Gasteiger partial charge in [-0.1, -0.05) is 24.3 Å². The standard InChI is InChI=1S/C33H38F3N5O2/c1-39-20-14-29(15-21-39)40-22-16-30(17-23-40)41(24-26-2-7-27(8-3-26)38-28-12-18-37-19-13-28)32(42)11-6-25-4-9-31(10-5-25)43-33(34,35)36/h2-13,18-19,29-30H,14-17,20-24H2,1H3,(H,37,38). The molecule has 0 aliphatic carbocycles. The molecule has 0 unspecified atom stereocenters. The Morgan fingerprint density at radius 2 is 1.56 bits per heavy atom. The molecular formula is C33H38F3N5O2. The molecule has 0 atom stereocenters. The fraction of sp³-hybridized carbons (Fsp3) is 0.394. The first-order valence-electron chi connectivity index (χ1n) is 14.7. The number of hydrogen-bond donors (Lipinski definition) is 1. The summed E-state index contributed by atoms with van der Waals surface area (Å²) in [4.78, 5) is 24.6. The molecule has 1 amide bonds. The molecule has 1 aromatic heterocycles. The van der Waals surface area contributed by atoms with Gasteiger partial charge in [0.1, 0.15) is 5.75 Å². The van der Waals surface area contributed by atoms with Crippen LogP contribution in [0.15, 0.2) is 79.1 Å². The van der Waals surface area contributed by atoms with Gasteiger partial charge in [0.25, 0.3) is 0 Å². The quantitative estimate of drug-likeness (QED) is 0.293. The van der Waals surface area contributed by atoms with E-state index < -0.39 is 6.36 Å². The molecule has 1 N–H and O–H groups in total. The number of pyridine rings is 1. The smallest absolute Gasteiger partial charge is 0.406 e. The number of halogens is 3. The molecular weight excluding hydrogens is 555 g/mol. The van der Waals surface area contributed by atoms with Crippen molar-refractivity contribution in [1.82, 2.24) is 19.7 Å². The molecule has 0 radical (unpaired) electrons.